The third-order valence-corrected chi connectivity index (χ3v) is 2.25. The zero-order valence-corrected chi connectivity index (χ0v) is 8.41. The van der Waals surface area contributed by atoms with Crippen molar-refractivity contribution in [1.82, 2.24) is 24.7 Å². The van der Waals surface area contributed by atoms with Crippen LogP contribution < -0.4 is 0 Å². The smallest absolute Gasteiger partial charge is 0.250 e. The Labute approximate surface area is 91.8 Å². The third kappa shape index (κ3) is 1.48. The first kappa shape index (κ1) is 8.84. The molecule has 0 saturated heterocycles. The van der Waals surface area contributed by atoms with E-state index in [1.165, 1.54) is 0 Å². The molecule has 78 valence electrons. The van der Waals surface area contributed by atoms with E-state index in [2.05, 4.69) is 20.1 Å². The molecule has 5 heteroatoms. The molecule has 3 heterocycles. The third-order valence-electron chi connectivity index (χ3n) is 2.25. The van der Waals surface area contributed by atoms with Crippen LogP contribution in [0.5, 0.6) is 0 Å². The minimum atomic E-state index is 0.570. The highest BCUT2D eigenvalue weighted by atomic mass is 15.3. The van der Waals surface area contributed by atoms with Crippen LogP contribution in [0.4, 0.5) is 0 Å². The van der Waals surface area contributed by atoms with E-state index in [0.29, 0.717) is 5.95 Å². The van der Waals surface area contributed by atoms with Crippen molar-refractivity contribution in [2.75, 3.05) is 0 Å². The van der Waals surface area contributed by atoms with Gasteiger partial charge in [0.05, 0.1) is 6.20 Å². The topological polar surface area (TPSA) is 59.4 Å². The quantitative estimate of drug-likeness (QED) is 0.701. The van der Waals surface area contributed by atoms with Gasteiger partial charge in [-0.1, -0.05) is 0 Å². The Balaban J connectivity index is 2.00. The maximum Gasteiger partial charge on any atom is 0.250 e. The molecular weight excluding hydrogens is 202 g/mol. The van der Waals surface area contributed by atoms with Gasteiger partial charge >= 0.3 is 0 Å². The summed E-state index contributed by atoms with van der Waals surface area (Å²) >= 11 is 0. The normalized spacial score (nSPS) is 10.5. The molecule has 1 N–H and O–H groups in total. The molecular formula is C11H9N5. The summed E-state index contributed by atoms with van der Waals surface area (Å²) in [5.74, 6) is 0.570. The standard InChI is InChI=1S/C11H9N5/c1-3-10(12-4-1)9-7-15-16(8-9)11-13-5-2-6-14-11/h1-8,12H. The van der Waals surface area contributed by atoms with E-state index in [4.69, 9.17) is 0 Å². The van der Waals surface area contributed by atoms with E-state index in [9.17, 15) is 0 Å². The molecule has 0 atom stereocenters. The number of rotatable bonds is 2. The Kier molecular flexibility index (Phi) is 2.00. The van der Waals surface area contributed by atoms with E-state index < -0.39 is 0 Å². The lowest BCUT2D eigenvalue weighted by atomic mass is 10.3. The van der Waals surface area contributed by atoms with Gasteiger partial charge < -0.3 is 4.98 Å². The van der Waals surface area contributed by atoms with Gasteiger partial charge in [0, 0.05) is 36.0 Å². The zero-order valence-electron chi connectivity index (χ0n) is 8.41. The molecule has 0 amide bonds. The van der Waals surface area contributed by atoms with Crippen LogP contribution in [0.25, 0.3) is 17.2 Å². The Morgan fingerprint density at radius 3 is 2.75 bits per heavy atom. The fourth-order valence-electron chi connectivity index (χ4n) is 1.49. The molecule has 3 rings (SSSR count). The van der Waals surface area contributed by atoms with Crippen molar-refractivity contribution >= 4 is 0 Å². The summed E-state index contributed by atoms with van der Waals surface area (Å²) in [6.45, 7) is 0. The molecule has 16 heavy (non-hydrogen) atoms. The molecule has 0 aromatic carbocycles. The molecule has 0 unspecified atom stereocenters. The molecule has 0 saturated carbocycles. The first-order valence-electron chi connectivity index (χ1n) is 4.89. The van der Waals surface area contributed by atoms with E-state index in [1.54, 1.807) is 29.3 Å². The average molecular weight is 211 g/mol. The van der Waals surface area contributed by atoms with Gasteiger partial charge in [-0.2, -0.15) is 5.10 Å². The Morgan fingerprint density at radius 1 is 1.12 bits per heavy atom. The van der Waals surface area contributed by atoms with Crippen LogP contribution >= 0.6 is 0 Å². The van der Waals surface area contributed by atoms with Gasteiger partial charge in [-0.3, -0.25) is 0 Å². The molecule has 0 aliphatic carbocycles. The zero-order chi connectivity index (χ0) is 10.8. The molecule has 5 nitrogen and oxygen atoms in total. The highest BCUT2D eigenvalue weighted by Crippen LogP contribution is 2.16. The summed E-state index contributed by atoms with van der Waals surface area (Å²) in [6, 6.07) is 5.72. The van der Waals surface area contributed by atoms with Crippen LogP contribution in [0.2, 0.25) is 0 Å². The molecule has 0 fully saturated rings. The molecule has 3 aromatic rings. The van der Waals surface area contributed by atoms with Crippen molar-refractivity contribution in [3.63, 3.8) is 0 Å². The highest BCUT2D eigenvalue weighted by Gasteiger charge is 2.04. The number of aromatic nitrogens is 5. The van der Waals surface area contributed by atoms with Gasteiger partial charge in [0.2, 0.25) is 5.95 Å². The molecule has 0 aliphatic heterocycles. The van der Waals surface area contributed by atoms with Gasteiger partial charge in [-0.25, -0.2) is 14.6 Å². The fraction of sp³-hybridized carbons (Fsp3) is 0. The molecule has 0 aliphatic rings. The summed E-state index contributed by atoms with van der Waals surface area (Å²) in [5.41, 5.74) is 2.04. The monoisotopic (exact) mass is 211 g/mol. The van der Waals surface area contributed by atoms with E-state index in [0.717, 1.165) is 11.3 Å². The Hall–Kier alpha value is -2.43. The maximum atomic E-state index is 4.21. The van der Waals surface area contributed by atoms with Crippen LogP contribution in [0, 0.1) is 0 Å². The SMILES string of the molecule is c1cnc(-n2cc(-c3ccc[nH]3)cn2)nc1. The minimum Gasteiger partial charge on any atom is -0.361 e. The lowest BCUT2D eigenvalue weighted by Crippen LogP contribution is -1.99. The van der Waals surface area contributed by atoms with Crippen LogP contribution in [-0.2, 0) is 0 Å². The largest absolute Gasteiger partial charge is 0.361 e. The second kappa shape index (κ2) is 3.62. The maximum absolute atomic E-state index is 4.21. The lowest BCUT2D eigenvalue weighted by Gasteiger charge is -1.95. The van der Waals surface area contributed by atoms with Crippen molar-refractivity contribution in [3.05, 3.63) is 49.2 Å². The van der Waals surface area contributed by atoms with Crippen LogP contribution in [-0.4, -0.2) is 24.7 Å². The van der Waals surface area contributed by atoms with Crippen LogP contribution in [0.3, 0.4) is 0 Å². The van der Waals surface area contributed by atoms with Crippen LogP contribution in [0.15, 0.2) is 49.2 Å². The summed E-state index contributed by atoms with van der Waals surface area (Å²) in [4.78, 5) is 11.4. The van der Waals surface area contributed by atoms with Gasteiger partial charge in [-0.05, 0) is 18.2 Å². The van der Waals surface area contributed by atoms with E-state index >= 15 is 0 Å². The Morgan fingerprint density at radius 2 is 2.00 bits per heavy atom. The summed E-state index contributed by atoms with van der Waals surface area (Å²) < 4.78 is 1.65. The van der Waals surface area contributed by atoms with Gasteiger partial charge in [0.15, 0.2) is 0 Å². The van der Waals surface area contributed by atoms with Crippen molar-refractivity contribution in [2.45, 2.75) is 0 Å². The average Bonchev–Trinajstić information content (AvgIpc) is 3.01. The van der Waals surface area contributed by atoms with Gasteiger partial charge in [0.1, 0.15) is 0 Å². The van der Waals surface area contributed by atoms with E-state index in [1.807, 2.05) is 24.5 Å². The van der Waals surface area contributed by atoms with Crippen molar-refractivity contribution < 1.29 is 0 Å². The highest BCUT2D eigenvalue weighted by molar-refractivity contribution is 5.57. The van der Waals surface area contributed by atoms with Crippen molar-refractivity contribution in [2.24, 2.45) is 0 Å². The van der Waals surface area contributed by atoms with Gasteiger partial charge in [0.25, 0.3) is 0 Å². The fourth-order valence-corrected chi connectivity index (χ4v) is 1.49. The lowest BCUT2D eigenvalue weighted by molar-refractivity contribution is 0.808. The minimum absolute atomic E-state index is 0.570. The number of aromatic amines is 1. The van der Waals surface area contributed by atoms with E-state index in [-0.39, 0.29) is 0 Å². The second-order valence-corrected chi connectivity index (χ2v) is 3.31. The number of H-pyrrole nitrogens is 1. The first-order chi connectivity index (χ1) is 7.93. The predicted molar refractivity (Wildman–Crippen MR) is 58.9 cm³/mol. The van der Waals surface area contributed by atoms with Crippen molar-refractivity contribution in [3.8, 4) is 17.2 Å². The summed E-state index contributed by atoms with van der Waals surface area (Å²) in [6.07, 6.45) is 8.94. The molecule has 0 spiro atoms. The number of hydrogen-bond donors (Lipinski definition) is 1. The second-order valence-electron chi connectivity index (χ2n) is 3.31. The van der Waals surface area contributed by atoms with Crippen LogP contribution in [0.1, 0.15) is 0 Å². The summed E-state index contributed by atoms with van der Waals surface area (Å²) in [7, 11) is 0. The Bertz CT molecular complexity index is 567. The number of nitrogens with one attached hydrogen (secondary N) is 1. The number of hydrogen-bond acceptors (Lipinski definition) is 3. The molecule has 3 aromatic heterocycles. The molecule has 0 radical (unpaired) electrons. The predicted octanol–water partition coefficient (Wildman–Crippen LogP) is 1.66. The van der Waals surface area contributed by atoms with Crippen molar-refractivity contribution in [1.29, 1.82) is 0 Å². The van der Waals surface area contributed by atoms with Gasteiger partial charge in [-0.15, -0.1) is 0 Å². The number of nitrogens with zero attached hydrogens (tertiary/aromatic N) is 4. The first-order valence-corrected chi connectivity index (χ1v) is 4.89. The summed E-state index contributed by atoms with van der Waals surface area (Å²) in [5, 5.41) is 4.21. The molecule has 0 bridgehead atoms.